The van der Waals surface area contributed by atoms with Crippen LogP contribution in [0.1, 0.15) is 73.6 Å². The molecule has 0 aromatic carbocycles. The van der Waals surface area contributed by atoms with E-state index >= 15 is 0 Å². The lowest BCUT2D eigenvalue weighted by Gasteiger charge is -2.08. The number of aliphatic imine (C=N–C) groups is 1. The van der Waals surface area contributed by atoms with Crippen molar-refractivity contribution in [1.82, 2.24) is 10.6 Å². The third-order valence-electron chi connectivity index (χ3n) is 3.95. The Morgan fingerprint density at radius 2 is 1.97 bits per heavy atom. The molecule has 0 saturated heterocycles. The maximum atomic E-state index is 10.3. The van der Waals surface area contributed by atoms with Crippen molar-refractivity contribution in [2.75, 3.05) is 19.7 Å². The molecular weight excluding hydrogens is 398 g/mol. The van der Waals surface area contributed by atoms with Crippen LogP contribution < -0.4 is 10.6 Å². The molecule has 1 aliphatic rings. The lowest BCUT2D eigenvalue weighted by Crippen LogP contribution is -2.20. The second-order valence-electron chi connectivity index (χ2n) is 7.62. The van der Waals surface area contributed by atoms with E-state index in [0.29, 0.717) is 19.3 Å². The maximum Gasteiger partial charge on any atom is 0.216 e. The summed E-state index contributed by atoms with van der Waals surface area (Å²) < 4.78 is 5.07. The first-order valence-corrected chi connectivity index (χ1v) is 11.7. The molecule has 2 N–H and O–H groups in total. The SMILES string of the molecule is C=C/C=C\CCNC(C)=O.C=CCOC(C)C.CCCNC1=C(C)CC=CC(CCC)=N1. The summed E-state index contributed by atoms with van der Waals surface area (Å²) in [4.78, 5) is 15.0. The third-order valence-corrected chi connectivity index (χ3v) is 3.95. The Balaban J connectivity index is 0. The molecule has 0 spiro atoms. The lowest BCUT2D eigenvalue weighted by molar-refractivity contribution is -0.118. The van der Waals surface area contributed by atoms with Crippen LogP contribution in [0.2, 0.25) is 0 Å². The van der Waals surface area contributed by atoms with Crippen LogP contribution >= 0.6 is 0 Å². The molecule has 1 amide bonds. The Morgan fingerprint density at radius 1 is 1.25 bits per heavy atom. The van der Waals surface area contributed by atoms with E-state index in [4.69, 9.17) is 4.74 Å². The number of rotatable bonds is 12. The van der Waals surface area contributed by atoms with Crippen molar-refractivity contribution in [2.24, 2.45) is 4.99 Å². The van der Waals surface area contributed by atoms with Crippen molar-refractivity contribution >= 4 is 11.6 Å². The number of nitrogens with one attached hydrogen (secondary N) is 2. The molecule has 0 aromatic rings. The van der Waals surface area contributed by atoms with E-state index in [9.17, 15) is 4.79 Å². The van der Waals surface area contributed by atoms with Gasteiger partial charge in [-0.1, -0.05) is 57.2 Å². The van der Waals surface area contributed by atoms with Gasteiger partial charge in [0.25, 0.3) is 0 Å². The summed E-state index contributed by atoms with van der Waals surface area (Å²) in [7, 11) is 0. The van der Waals surface area contributed by atoms with Crippen molar-refractivity contribution in [1.29, 1.82) is 0 Å². The third kappa shape index (κ3) is 22.3. The molecule has 0 bridgehead atoms. The van der Waals surface area contributed by atoms with Gasteiger partial charge >= 0.3 is 0 Å². The molecule has 1 rings (SSSR count). The average molecular weight is 446 g/mol. The Morgan fingerprint density at radius 3 is 2.47 bits per heavy atom. The van der Waals surface area contributed by atoms with Gasteiger partial charge in [0, 0.05) is 25.7 Å². The van der Waals surface area contributed by atoms with Gasteiger partial charge in [0.05, 0.1) is 12.7 Å². The highest BCUT2D eigenvalue weighted by molar-refractivity contribution is 5.95. The van der Waals surface area contributed by atoms with Gasteiger partial charge in [0.15, 0.2) is 0 Å². The maximum absolute atomic E-state index is 10.3. The van der Waals surface area contributed by atoms with E-state index in [2.05, 4.69) is 61.7 Å². The molecule has 1 heterocycles. The molecule has 5 nitrogen and oxygen atoms in total. The van der Waals surface area contributed by atoms with Crippen molar-refractivity contribution in [3.63, 3.8) is 0 Å². The summed E-state index contributed by atoms with van der Waals surface area (Å²) in [5.74, 6) is 1.11. The van der Waals surface area contributed by atoms with Crippen molar-refractivity contribution in [3.8, 4) is 0 Å². The zero-order valence-corrected chi connectivity index (χ0v) is 21.4. The molecule has 1 aliphatic heterocycles. The van der Waals surface area contributed by atoms with Crippen LogP contribution in [0.5, 0.6) is 0 Å². The summed E-state index contributed by atoms with van der Waals surface area (Å²) in [6.07, 6.45) is 17.2. The molecule has 0 aromatic heterocycles. The highest BCUT2D eigenvalue weighted by atomic mass is 16.5. The minimum atomic E-state index is 0.0204. The van der Waals surface area contributed by atoms with Crippen LogP contribution in [-0.4, -0.2) is 37.4 Å². The zero-order chi connectivity index (χ0) is 24.6. The van der Waals surface area contributed by atoms with E-state index in [-0.39, 0.29) is 5.91 Å². The van der Waals surface area contributed by atoms with Crippen molar-refractivity contribution in [3.05, 3.63) is 61.0 Å². The van der Waals surface area contributed by atoms with Gasteiger partial charge in [-0.2, -0.15) is 0 Å². The summed E-state index contributed by atoms with van der Waals surface area (Å²) in [6.45, 7) is 21.4. The second kappa shape index (κ2) is 23.3. The standard InChI is InChI=1S/C13H22N2.C8H13NO.C6H12O/c1-4-7-12-9-6-8-11(3)13(15-12)14-10-5-2;1-3-4-5-6-7-9-8(2)10;1-4-5-7-6(2)3/h6,9,14H,4-5,7-8,10H2,1-3H3;3-5H,1,6-7H2,2H3,(H,9,10);4,6H,1,5H2,2-3H3/b;5-4-;. The Bertz CT molecular complexity index is 629. The van der Waals surface area contributed by atoms with E-state index in [1.807, 2.05) is 26.0 Å². The van der Waals surface area contributed by atoms with Crippen LogP contribution in [-0.2, 0) is 9.53 Å². The molecule has 0 atom stereocenters. The number of ether oxygens (including phenoxy) is 1. The fourth-order valence-electron chi connectivity index (χ4n) is 2.36. The van der Waals surface area contributed by atoms with Crippen LogP contribution in [0.3, 0.4) is 0 Å². The van der Waals surface area contributed by atoms with Gasteiger partial charge in [0.1, 0.15) is 5.82 Å². The number of nitrogens with zero attached hydrogens (tertiary/aromatic N) is 1. The van der Waals surface area contributed by atoms with E-state index < -0.39 is 0 Å². The largest absolute Gasteiger partial charge is 0.375 e. The summed E-state index contributed by atoms with van der Waals surface area (Å²) in [5, 5.41) is 6.08. The molecule has 182 valence electrons. The molecule has 32 heavy (non-hydrogen) atoms. The number of carbonyl (C=O) groups is 1. The van der Waals surface area contributed by atoms with Crippen LogP contribution in [0.4, 0.5) is 0 Å². The first kappa shape index (κ1) is 31.8. The lowest BCUT2D eigenvalue weighted by atomic mass is 10.2. The van der Waals surface area contributed by atoms with Gasteiger partial charge in [-0.15, -0.1) is 6.58 Å². The number of allylic oxidation sites excluding steroid dienone is 5. The predicted octanol–water partition coefficient (Wildman–Crippen LogP) is 6.27. The minimum Gasteiger partial charge on any atom is -0.375 e. The Kier molecular flexibility index (Phi) is 23.1. The molecule has 0 aliphatic carbocycles. The second-order valence-corrected chi connectivity index (χ2v) is 7.62. The summed E-state index contributed by atoms with van der Waals surface area (Å²) in [5.41, 5.74) is 2.54. The van der Waals surface area contributed by atoms with Gasteiger partial charge in [-0.3, -0.25) is 4.79 Å². The van der Waals surface area contributed by atoms with Gasteiger partial charge in [-0.05, 0) is 58.1 Å². The monoisotopic (exact) mass is 445 g/mol. The fourth-order valence-corrected chi connectivity index (χ4v) is 2.36. The topological polar surface area (TPSA) is 62.7 Å². The average Bonchev–Trinajstić information content (AvgIpc) is 2.92. The van der Waals surface area contributed by atoms with E-state index in [1.54, 1.807) is 12.2 Å². The normalized spacial score (nSPS) is 12.8. The number of hydrogen-bond acceptors (Lipinski definition) is 4. The highest BCUT2D eigenvalue weighted by Gasteiger charge is 2.05. The molecule has 0 radical (unpaired) electrons. The predicted molar refractivity (Wildman–Crippen MR) is 141 cm³/mol. The van der Waals surface area contributed by atoms with E-state index in [0.717, 1.165) is 44.5 Å². The minimum absolute atomic E-state index is 0.0204. The van der Waals surface area contributed by atoms with E-state index in [1.165, 1.54) is 18.2 Å². The van der Waals surface area contributed by atoms with Crippen molar-refractivity contribution in [2.45, 2.75) is 79.8 Å². The van der Waals surface area contributed by atoms with Crippen LogP contribution in [0.25, 0.3) is 0 Å². The smallest absolute Gasteiger partial charge is 0.216 e. The van der Waals surface area contributed by atoms with Crippen molar-refractivity contribution < 1.29 is 9.53 Å². The number of hydrogen-bond donors (Lipinski definition) is 2. The molecule has 5 heteroatoms. The van der Waals surface area contributed by atoms with Gasteiger partial charge < -0.3 is 15.4 Å². The molecule has 0 unspecified atom stereocenters. The van der Waals surface area contributed by atoms with Crippen LogP contribution in [0, 0.1) is 0 Å². The fraction of sp³-hybridized carbons (Fsp3) is 0.556. The number of carbonyl (C=O) groups excluding carboxylic acids is 1. The van der Waals surface area contributed by atoms with Crippen LogP contribution in [0.15, 0.2) is 66.0 Å². The first-order valence-electron chi connectivity index (χ1n) is 11.7. The first-order chi connectivity index (χ1) is 15.3. The number of amides is 1. The molecule has 0 fully saturated rings. The molecule has 0 saturated carbocycles. The summed E-state index contributed by atoms with van der Waals surface area (Å²) in [6, 6.07) is 0. The zero-order valence-electron chi connectivity index (χ0n) is 21.4. The molecular formula is C27H47N3O2. The Labute approximate surface area is 197 Å². The Hall–Kier alpha value is -2.40. The van der Waals surface area contributed by atoms with Gasteiger partial charge in [0.2, 0.25) is 5.91 Å². The van der Waals surface area contributed by atoms with Gasteiger partial charge in [-0.25, -0.2) is 4.99 Å². The highest BCUT2D eigenvalue weighted by Crippen LogP contribution is 2.14. The summed E-state index contributed by atoms with van der Waals surface area (Å²) >= 11 is 0. The quantitative estimate of drug-likeness (QED) is 0.211.